The van der Waals surface area contributed by atoms with Crippen LogP contribution in [0.2, 0.25) is 5.02 Å². The number of allylic oxidation sites excluding steroid dienone is 1. The van der Waals surface area contributed by atoms with Gasteiger partial charge in [0.05, 0.1) is 22.4 Å². The maximum absolute atomic E-state index is 13.4. The lowest BCUT2D eigenvalue weighted by Crippen LogP contribution is -2.40. The Balaban J connectivity index is 1.99. The summed E-state index contributed by atoms with van der Waals surface area (Å²) in [7, 11) is 0. The smallest absolute Gasteiger partial charge is 0.338 e. The van der Waals surface area contributed by atoms with E-state index in [1.165, 1.54) is 15.9 Å². The number of ether oxygens (including phenoxy) is 1. The molecule has 0 spiro atoms. The van der Waals surface area contributed by atoms with Crippen molar-refractivity contribution in [2.24, 2.45) is 4.99 Å². The highest BCUT2D eigenvalue weighted by molar-refractivity contribution is 7.07. The van der Waals surface area contributed by atoms with E-state index in [9.17, 15) is 9.59 Å². The number of carbonyl (C=O) groups excluding carboxylic acids is 1. The van der Waals surface area contributed by atoms with E-state index in [4.69, 9.17) is 20.8 Å². The fourth-order valence-corrected chi connectivity index (χ4v) is 4.71. The summed E-state index contributed by atoms with van der Waals surface area (Å²) in [6, 6.07) is 10.1. The van der Waals surface area contributed by atoms with E-state index in [0.29, 0.717) is 37.0 Å². The van der Waals surface area contributed by atoms with Crippen LogP contribution in [0.4, 0.5) is 0 Å². The van der Waals surface area contributed by atoms with Gasteiger partial charge in [-0.2, -0.15) is 0 Å². The minimum Gasteiger partial charge on any atom is -0.463 e. The second kappa shape index (κ2) is 8.08. The highest BCUT2D eigenvalue weighted by Gasteiger charge is 2.34. The Morgan fingerprint density at radius 3 is 2.73 bits per heavy atom. The molecule has 1 aliphatic rings. The Labute approximate surface area is 181 Å². The minimum atomic E-state index is -0.727. The summed E-state index contributed by atoms with van der Waals surface area (Å²) < 4.78 is 12.8. The number of halogens is 1. The molecule has 30 heavy (non-hydrogen) atoms. The van der Waals surface area contributed by atoms with Gasteiger partial charge in [-0.25, -0.2) is 9.79 Å². The van der Waals surface area contributed by atoms with Gasteiger partial charge in [0.25, 0.3) is 5.56 Å². The van der Waals surface area contributed by atoms with Gasteiger partial charge in [0.1, 0.15) is 17.6 Å². The lowest BCUT2D eigenvalue weighted by atomic mass is 9.96. The van der Waals surface area contributed by atoms with Crippen LogP contribution in [0.25, 0.3) is 6.08 Å². The van der Waals surface area contributed by atoms with Crippen molar-refractivity contribution in [3.63, 3.8) is 0 Å². The number of esters is 1. The molecule has 0 amide bonds. The molecule has 2 aromatic heterocycles. The molecule has 8 heteroatoms. The summed E-state index contributed by atoms with van der Waals surface area (Å²) in [6.45, 7) is 5.53. The Bertz CT molecular complexity index is 1350. The highest BCUT2D eigenvalue weighted by atomic mass is 35.5. The molecule has 0 aliphatic carbocycles. The molecule has 3 aromatic rings. The average Bonchev–Trinajstić information content (AvgIpc) is 3.24. The van der Waals surface area contributed by atoms with Gasteiger partial charge >= 0.3 is 5.97 Å². The molecule has 1 atom stereocenters. The van der Waals surface area contributed by atoms with Crippen LogP contribution in [0, 0.1) is 6.92 Å². The molecule has 3 heterocycles. The van der Waals surface area contributed by atoms with Crippen LogP contribution < -0.4 is 14.9 Å². The zero-order valence-corrected chi connectivity index (χ0v) is 18.2. The number of hydrogen-bond donors (Lipinski definition) is 0. The minimum absolute atomic E-state index is 0.215. The molecule has 0 saturated carbocycles. The first kappa shape index (κ1) is 20.4. The SMILES string of the molecule is CCOC(=O)C1=C(C)N=c2sc(=Cc3ccc(C)o3)c(=O)n2[C@@H]1c1ccccc1Cl. The maximum atomic E-state index is 13.4. The highest BCUT2D eigenvalue weighted by Crippen LogP contribution is 2.34. The van der Waals surface area contributed by atoms with Crippen LogP contribution in [-0.4, -0.2) is 17.1 Å². The number of aromatic nitrogens is 1. The van der Waals surface area contributed by atoms with E-state index < -0.39 is 12.0 Å². The Kier molecular flexibility index (Phi) is 5.49. The summed E-state index contributed by atoms with van der Waals surface area (Å²) >= 11 is 7.71. The number of rotatable bonds is 4. The van der Waals surface area contributed by atoms with E-state index in [1.54, 1.807) is 44.2 Å². The van der Waals surface area contributed by atoms with E-state index in [2.05, 4.69) is 4.99 Å². The molecule has 0 saturated heterocycles. The fourth-order valence-electron chi connectivity index (χ4n) is 3.44. The largest absolute Gasteiger partial charge is 0.463 e. The number of furan rings is 1. The van der Waals surface area contributed by atoms with E-state index in [0.717, 1.165) is 5.76 Å². The molecule has 1 aliphatic heterocycles. The number of thiazole rings is 1. The van der Waals surface area contributed by atoms with Crippen LogP contribution in [0.15, 0.2) is 61.9 Å². The van der Waals surface area contributed by atoms with E-state index in [-0.39, 0.29) is 12.2 Å². The molecule has 0 fully saturated rings. The van der Waals surface area contributed by atoms with Crippen molar-refractivity contribution in [1.82, 2.24) is 4.57 Å². The van der Waals surface area contributed by atoms with Gasteiger partial charge in [0.15, 0.2) is 4.80 Å². The van der Waals surface area contributed by atoms with Gasteiger partial charge < -0.3 is 9.15 Å². The molecular formula is C22H19ClN2O4S. The number of hydrogen-bond acceptors (Lipinski definition) is 6. The first-order valence-corrected chi connectivity index (χ1v) is 10.6. The summed E-state index contributed by atoms with van der Waals surface area (Å²) in [5, 5.41) is 0.454. The standard InChI is InChI=1S/C22H19ClN2O4S/c1-4-28-21(27)18-13(3)24-22-25(19(18)15-7-5-6-8-16(15)23)20(26)17(30-22)11-14-10-9-12(2)29-14/h5-11,19H,4H2,1-3H3/t19-/m1/s1. The summed E-state index contributed by atoms with van der Waals surface area (Å²) in [6.07, 6.45) is 1.68. The summed E-state index contributed by atoms with van der Waals surface area (Å²) in [5.74, 6) is 0.816. The topological polar surface area (TPSA) is 73.8 Å². The van der Waals surface area contributed by atoms with Crippen molar-refractivity contribution >= 4 is 35.0 Å². The van der Waals surface area contributed by atoms with E-state index in [1.807, 2.05) is 19.1 Å². The van der Waals surface area contributed by atoms with Gasteiger partial charge in [-0.05, 0) is 44.5 Å². The van der Waals surface area contributed by atoms with Crippen LogP contribution in [-0.2, 0) is 9.53 Å². The van der Waals surface area contributed by atoms with Crippen LogP contribution in [0.5, 0.6) is 0 Å². The number of fused-ring (bicyclic) bond motifs is 1. The fraction of sp³-hybridized carbons (Fsp3) is 0.227. The third kappa shape index (κ3) is 3.55. The van der Waals surface area contributed by atoms with Gasteiger partial charge in [0.2, 0.25) is 0 Å². The van der Waals surface area contributed by atoms with Gasteiger partial charge in [-0.15, -0.1) is 0 Å². The maximum Gasteiger partial charge on any atom is 0.338 e. The number of benzene rings is 1. The second-order valence-corrected chi connectivity index (χ2v) is 8.19. The van der Waals surface area contributed by atoms with Crippen LogP contribution in [0.1, 0.15) is 37.0 Å². The van der Waals surface area contributed by atoms with E-state index >= 15 is 0 Å². The van der Waals surface area contributed by atoms with Gasteiger partial charge in [0, 0.05) is 11.1 Å². The average molecular weight is 443 g/mol. The molecule has 1 aromatic carbocycles. The Morgan fingerprint density at radius 1 is 1.30 bits per heavy atom. The van der Waals surface area contributed by atoms with Crippen molar-refractivity contribution in [2.45, 2.75) is 26.8 Å². The molecule has 0 N–H and O–H groups in total. The monoisotopic (exact) mass is 442 g/mol. The summed E-state index contributed by atoms with van der Waals surface area (Å²) in [4.78, 5) is 31.2. The van der Waals surface area contributed by atoms with Gasteiger partial charge in [-0.1, -0.05) is 41.1 Å². The van der Waals surface area contributed by atoms with Gasteiger partial charge in [-0.3, -0.25) is 9.36 Å². The molecule has 0 radical (unpaired) electrons. The lowest BCUT2D eigenvalue weighted by Gasteiger charge is -2.25. The Hall–Kier alpha value is -2.90. The first-order valence-electron chi connectivity index (χ1n) is 9.41. The number of nitrogens with zero attached hydrogens (tertiary/aromatic N) is 2. The molecule has 6 nitrogen and oxygen atoms in total. The molecule has 0 bridgehead atoms. The third-order valence-corrected chi connectivity index (χ3v) is 6.08. The van der Waals surface area contributed by atoms with Crippen molar-refractivity contribution in [1.29, 1.82) is 0 Å². The molecular weight excluding hydrogens is 424 g/mol. The summed E-state index contributed by atoms with van der Waals surface area (Å²) in [5.41, 5.74) is 1.17. The second-order valence-electron chi connectivity index (χ2n) is 6.77. The number of aryl methyl sites for hydroxylation is 1. The quantitative estimate of drug-likeness (QED) is 0.581. The lowest BCUT2D eigenvalue weighted by molar-refractivity contribution is -0.139. The van der Waals surface area contributed by atoms with Crippen LogP contribution >= 0.6 is 22.9 Å². The predicted molar refractivity (Wildman–Crippen MR) is 115 cm³/mol. The van der Waals surface area contributed by atoms with Crippen molar-refractivity contribution in [2.75, 3.05) is 6.61 Å². The van der Waals surface area contributed by atoms with Crippen LogP contribution in [0.3, 0.4) is 0 Å². The first-order chi connectivity index (χ1) is 14.4. The molecule has 154 valence electrons. The zero-order chi connectivity index (χ0) is 21.4. The number of carbonyl (C=O) groups is 1. The molecule has 0 unspecified atom stereocenters. The van der Waals surface area contributed by atoms with Crippen molar-refractivity contribution < 1.29 is 13.9 Å². The normalized spacial score (nSPS) is 16.4. The zero-order valence-electron chi connectivity index (χ0n) is 16.6. The predicted octanol–water partition coefficient (Wildman–Crippen LogP) is 3.35. The molecule has 4 rings (SSSR count). The Morgan fingerprint density at radius 2 is 2.07 bits per heavy atom. The van der Waals surface area contributed by atoms with Crippen molar-refractivity contribution in [3.8, 4) is 0 Å². The third-order valence-electron chi connectivity index (χ3n) is 4.75. The van der Waals surface area contributed by atoms with Crippen molar-refractivity contribution in [3.05, 3.63) is 89.5 Å².